The van der Waals surface area contributed by atoms with Crippen LogP contribution in [-0.4, -0.2) is 47.7 Å². The van der Waals surface area contributed by atoms with Crippen molar-refractivity contribution in [1.82, 2.24) is 10.2 Å². The van der Waals surface area contributed by atoms with E-state index in [0.29, 0.717) is 43.0 Å². The fourth-order valence-corrected chi connectivity index (χ4v) is 8.42. The van der Waals surface area contributed by atoms with Crippen molar-refractivity contribution in [3.8, 4) is 0 Å². The van der Waals surface area contributed by atoms with E-state index in [-0.39, 0.29) is 22.5 Å². The number of carbonyl (C=O) groups is 2. The first kappa shape index (κ1) is 27.3. The number of fused-ring (bicyclic) bond motifs is 5. The summed E-state index contributed by atoms with van der Waals surface area (Å²) in [5.74, 6) is 2.80. The summed E-state index contributed by atoms with van der Waals surface area (Å²) in [5, 5.41) is 7.84. The zero-order valence-corrected chi connectivity index (χ0v) is 23.8. The molecule has 1 amide bonds. The molecule has 0 aromatic carbocycles. The standard InChI is InChI=1S/C30H49N3O3/c1-8-33(18-17-31-28(3,4)5)27(35)36-32-20(2)24-11-12-25-23-10-9-21-19-22(34)13-15-29(21,6)26(23)14-16-30(24,25)7/h19,23-26,31H,8-18H2,1-7H3/b32-20+/t23-,24+,25-,26-,29-,30+/m0/s1. The van der Waals surface area contributed by atoms with Gasteiger partial charge in [0.05, 0.1) is 5.71 Å². The number of nitrogens with zero attached hydrogens (tertiary/aromatic N) is 2. The maximum absolute atomic E-state index is 12.7. The maximum Gasteiger partial charge on any atom is 0.436 e. The number of nitrogens with one attached hydrogen (secondary N) is 1. The van der Waals surface area contributed by atoms with E-state index < -0.39 is 0 Å². The molecular weight excluding hydrogens is 450 g/mol. The Hall–Kier alpha value is -1.69. The van der Waals surface area contributed by atoms with Crippen molar-refractivity contribution in [3.63, 3.8) is 0 Å². The minimum atomic E-state index is -0.359. The smallest absolute Gasteiger partial charge is 0.310 e. The van der Waals surface area contributed by atoms with Crippen molar-refractivity contribution in [2.75, 3.05) is 19.6 Å². The lowest BCUT2D eigenvalue weighted by Gasteiger charge is -2.58. The molecule has 202 valence electrons. The summed E-state index contributed by atoms with van der Waals surface area (Å²) in [4.78, 5) is 32.0. The van der Waals surface area contributed by atoms with Crippen molar-refractivity contribution in [2.24, 2.45) is 39.7 Å². The number of hydrogen-bond acceptors (Lipinski definition) is 5. The lowest BCUT2D eigenvalue weighted by Crippen LogP contribution is -2.51. The summed E-state index contributed by atoms with van der Waals surface area (Å²) in [5.41, 5.74) is 2.85. The molecule has 0 saturated heterocycles. The predicted octanol–water partition coefficient (Wildman–Crippen LogP) is 6.36. The lowest BCUT2D eigenvalue weighted by atomic mass is 9.46. The largest absolute Gasteiger partial charge is 0.436 e. The molecule has 0 heterocycles. The van der Waals surface area contributed by atoms with Gasteiger partial charge in [-0.3, -0.25) is 9.63 Å². The Morgan fingerprint density at radius 3 is 2.58 bits per heavy atom. The summed E-state index contributed by atoms with van der Waals surface area (Å²) < 4.78 is 0. The Balaban J connectivity index is 1.41. The van der Waals surface area contributed by atoms with Crippen molar-refractivity contribution in [1.29, 1.82) is 0 Å². The molecule has 36 heavy (non-hydrogen) atoms. The van der Waals surface area contributed by atoms with Crippen LogP contribution in [0.25, 0.3) is 0 Å². The molecule has 1 N–H and O–H groups in total. The molecule has 0 aromatic heterocycles. The summed E-state index contributed by atoms with van der Waals surface area (Å²) in [6.07, 6.45) is 10.5. The molecule has 4 rings (SSSR count). The average Bonchev–Trinajstić information content (AvgIpc) is 3.17. The van der Waals surface area contributed by atoms with Crippen LogP contribution in [0.4, 0.5) is 4.79 Å². The molecule has 4 aliphatic carbocycles. The number of amides is 1. The highest BCUT2D eigenvalue weighted by Crippen LogP contribution is 2.66. The van der Waals surface area contributed by atoms with Crippen LogP contribution < -0.4 is 5.32 Å². The van der Waals surface area contributed by atoms with Gasteiger partial charge in [0.2, 0.25) is 0 Å². The molecule has 0 bridgehead atoms. The minimum absolute atomic E-state index is 0.0214. The first-order valence-corrected chi connectivity index (χ1v) is 14.4. The Labute approximate surface area is 218 Å². The molecule has 6 nitrogen and oxygen atoms in total. The van der Waals surface area contributed by atoms with Crippen molar-refractivity contribution in [3.05, 3.63) is 11.6 Å². The SMILES string of the molecule is CCN(CCNC(C)(C)C)C(=O)O/N=C(\C)[C@H]1CC[C@H]2[C@@H]3CCC4=CC(=O)CC[C@]4(C)[C@H]3CC[C@]12C. The van der Waals surface area contributed by atoms with Gasteiger partial charge in [0.15, 0.2) is 5.78 Å². The summed E-state index contributed by atoms with van der Waals surface area (Å²) in [6.45, 7) is 17.3. The molecule has 4 aliphatic rings. The van der Waals surface area contributed by atoms with Gasteiger partial charge in [0.25, 0.3) is 0 Å². The number of ketones is 1. The normalized spacial score (nSPS) is 36.5. The lowest BCUT2D eigenvalue weighted by molar-refractivity contribution is -0.117. The Morgan fingerprint density at radius 2 is 1.89 bits per heavy atom. The van der Waals surface area contributed by atoms with Gasteiger partial charge < -0.3 is 10.2 Å². The third kappa shape index (κ3) is 5.16. The van der Waals surface area contributed by atoms with Crippen molar-refractivity contribution >= 4 is 17.6 Å². The van der Waals surface area contributed by atoms with Crippen molar-refractivity contribution < 1.29 is 14.4 Å². The van der Waals surface area contributed by atoms with Crippen LogP contribution in [0.5, 0.6) is 0 Å². The van der Waals surface area contributed by atoms with Gasteiger partial charge in [-0.15, -0.1) is 0 Å². The molecule has 6 atom stereocenters. The number of hydrogen-bond donors (Lipinski definition) is 1. The van der Waals surface area contributed by atoms with E-state index in [1.54, 1.807) is 4.90 Å². The zero-order chi connectivity index (χ0) is 26.3. The van der Waals surface area contributed by atoms with Gasteiger partial charge in [-0.1, -0.05) is 24.6 Å². The fourth-order valence-electron chi connectivity index (χ4n) is 8.42. The van der Waals surface area contributed by atoms with Crippen LogP contribution in [0.3, 0.4) is 0 Å². The molecule has 0 aliphatic heterocycles. The van der Waals surface area contributed by atoms with E-state index in [4.69, 9.17) is 4.84 Å². The highest BCUT2D eigenvalue weighted by molar-refractivity contribution is 5.91. The Kier molecular flexibility index (Phi) is 7.77. The number of oxime groups is 1. The molecule has 0 spiro atoms. The van der Waals surface area contributed by atoms with E-state index in [1.807, 2.05) is 13.0 Å². The highest BCUT2D eigenvalue weighted by atomic mass is 16.7. The van der Waals surface area contributed by atoms with Crippen LogP contribution in [0, 0.1) is 34.5 Å². The van der Waals surface area contributed by atoms with Gasteiger partial charge >= 0.3 is 6.09 Å². The third-order valence-corrected chi connectivity index (χ3v) is 10.4. The third-order valence-electron chi connectivity index (χ3n) is 10.4. The first-order valence-electron chi connectivity index (χ1n) is 14.4. The summed E-state index contributed by atoms with van der Waals surface area (Å²) in [6, 6.07) is 0. The van der Waals surface area contributed by atoms with Gasteiger partial charge in [0.1, 0.15) is 0 Å². The molecule has 3 fully saturated rings. The van der Waals surface area contributed by atoms with E-state index in [2.05, 4.69) is 52.0 Å². The molecule has 3 saturated carbocycles. The molecule has 0 aromatic rings. The molecule has 6 heteroatoms. The van der Waals surface area contributed by atoms with Crippen LogP contribution in [0.2, 0.25) is 0 Å². The second-order valence-corrected chi connectivity index (χ2v) is 13.5. The molecule has 0 unspecified atom stereocenters. The van der Waals surface area contributed by atoms with E-state index >= 15 is 0 Å². The van der Waals surface area contributed by atoms with Gasteiger partial charge in [0, 0.05) is 37.5 Å². The zero-order valence-electron chi connectivity index (χ0n) is 23.8. The number of carbonyl (C=O) groups excluding carboxylic acids is 2. The molecule has 0 radical (unpaired) electrons. The van der Waals surface area contributed by atoms with Crippen LogP contribution >= 0.6 is 0 Å². The van der Waals surface area contributed by atoms with Crippen LogP contribution in [0.1, 0.15) is 99.8 Å². The van der Waals surface area contributed by atoms with Crippen molar-refractivity contribution in [2.45, 2.75) is 105 Å². The van der Waals surface area contributed by atoms with E-state index in [1.165, 1.54) is 31.3 Å². The van der Waals surface area contributed by atoms with Crippen LogP contribution in [0.15, 0.2) is 16.8 Å². The van der Waals surface area contributed by atoms with Gasteiger partial charge in [-0.05, 0) is 114 Å². The summed E-state index contributed by atoms with van der Waals surface area (Å²) in [7, 11) is 0. The number of rotatable bonds is 6. The Morgan fingerprint density at radius 1 is 1.14 bits per heavy atom. The average molecular weight is 500 g/mol. The van der Waals surface area contributed by atoms with E-state index in [9.17, 15) is 9.59 Å². The fraction of sp³-hybridized carbons (Fsp3) is 0.833. The van der Waals surface area contributed by atoms with Gasteiger partial charge in [-0.25, -0.2) is 4.79 Å². The highest BCUT2D eigenvalue weighted by Gasteiger charge is 2.59. The number of allylic oxidation sites excluding steroid dienone is 1. The topological polar surface area (TPSA) is 71.0 Å². The second-order valence-electron chi connectivity index (χ2n) is 13.5. The van der Waals surface area contributed by atoms with Gasteiger partial charge in [-0.2, -0.15) is 0 Å². The Bertz CT molecular complexity index is 919. The summed E-state index contributed by atoms with van der Waals surface area (Å²) >= 11 is 0. The van der Waals surface area contributed by atoms with Crippen LogP contribution in [-0.2, 0) is 9.63 Å². The van der Waals surface area contributed by atoms with E-state index in [0.717, 1.165) is 37.4 Å². The number of likely N-dealkylation sites (N-methyl/N-ethyl adjacent to an activating group) is 1. The maximum atomic E-state index is 12.7. The molecular formula is C30H49N3O3. The first-order chi connectivity index (χ1) is 16.9. The predicted molar refractivity (Wildman–Crippen MR) is 145 cm³/mol. The minimum Gasteiger partial charge on any atom is -0.310 e. The monoisotopic (exact) mass is 499 g/mol. The quantitative estimate of drug-likeness (QED) is 0.262. The second kappa shape index (κ2) is 10.2.